The fourth-order valence-electron chi connectivity index (χ4n) is 3.61. The molecule has 6 nitrogen and oxygen atoms in total. The average Bonchev–Trinajstić information content (AvgIpc) is 3.09. The van der Waals surface area contributed by atoms with Gasteiger partial charge >= 0.3 is 0 Å². The maximum atomic E-state index is 12.8. The highest BCUT2D eigenvalue weighted by atomic mass is 32.1. The van der Waals surface area contributed by atoms with Gasteiger partial charge in [0.15, 0.2) is 0 Å². The summed E-state index contributed by atoms with van der Waals surface area (Å²) < 4.78 is 5.24. The summed E-state index contributed by atoms with van der Waals surface area (Å²) in [7, 11) is 3.82. The molecule has 158 valence electrons. The summed E-state index contributed by atoms with van der Waals surface area (Å²) in [5, 5.41) is 4.22. The van der Waals surface area contributed by atoms with Gasteiger partial charge in [-0.15, -0.1) is 11.3 Å². The molecule has 1 N–H and O–H groups in total. The van der Waals surface area contributed by atoms with Gasteiger partial charge in [-0.2, -0.15) is 0 Å². The summed E-state index contributed by atoms with van der Waals surface area (Å²) >= 11 is 1.60. The number of carbonyl (C=O) groups is 1. The number of aryl methyl sites for hydroxylation is 1. The maximum absolute atomic E-state index is 12.8. The van der Waals surface area contributed by atoms with Crippen molar-refractivity contribution >= 4 is 17.2 Å². The second-order valence-corrected chi connectivity index (χ2v) is 8.97. The Balaban J connectivity index is 1.62. The number of methoxy groups -OCH3 is 1. The molecule has 0 unspecified atom stereocenters. The van der Waals surface area contributed by atoms with Crippen LogP contribution in [-0.4, -0.2) is 73.6 Å². The van der Waals surface area contributed by atoms with Gasteiger partial charge in [0.05, 0.1) is 24.2 Å². The van der Waals surface area contributed by atoms with Crippen LogP contribution in [0.15, 0.2) is 24.3 Å². The van der Waals surface area contributed by atoms with Crippen LogP contribution in [-0.2, 0) is 11.2 Å². The second-order valence-electron chi connectivity index (χ2n) is 7.69. The molecular formula is C22H32N4O2S. The Morgan fingerprint density at radius 3 is 2.55 bits per heavy atom. The van der Waals surface area contributed by atoms with E-state index in [0.29, 0.717) is 6.42 Å². The topological polar surface area (TPSA) is 57.7 Å². The molecule has 0 saturated carbocycles. The lowest BCUT2D eigenvalue weighted by atomic mass is 10.1. The number of ether oxygens (including phenoxy) is 1. The van der Waals surface area contributed by atoms with E-state index in [9.17, 15) is 4.79 Å². The van der Waals surface area contributed by atoms with Crippen LogP contribution in [0.5, 0.6) is 5.75 Å². The van der Waals surface area contributed by atoms with Gasteiger partial charge in [-0.05, 0) is 44.7 Å². The van der Waals surface area contributed by atoms with Crippen LogP contribution >= 0.6 is 11.3 Å². The lowest BCUT2D eigenvalue weighted by molar-refractivity contribution is -0.121. The van der Waals surface area contributed by atoms with Crippen LogP contribution in [0.2, 0.25) is 0 Å². The molecule has 1 fully saturated rings. The number of nitrogens with zero attached hydrogens (tertiary/aromatic N) is 3. The second kappa shape index (κ2) is 10.2. The number of hydrogen-bond donors (Lipinski definition) is 1. The van der Waals surface area contributed by atoms with E-state index in [2.05, 4.69) is 34.1 Å². The van der Waals surface area contributed by atoms with Crippen molar-refractivity contribution in [2.75, 3.05) is 46.9 Å². The van der Waals surface area contributed by atoms with E-state index in [-0.39, 0.29) is 11.9 Å². The quantitative estimate of drug-likeness (QED) is 0.717. The summed E-state index contributed by atoms with van der Waals surface area (Å²) in [5.74, 6) is 0.888. The minimum absolute atomic E-state index is 0.0735. The van der Waals surface area contributed by atoms with Crippen molar-refractivity contribution in [3.05, 3.63) is 34.2 Å². The van der Waals surface area contributed by atoms with E-state index in [1.54, 1.807) is 18.4 Å². The highest BCUT2D eigenvalue weighted by Gasteiger charge is 2.20. The smallest absolute Gasteiger partial charge is 0.225 e. The van der Waals surface area contributed by atoms with Crippen LogP contribution in [0.25, 0.3) is 11.3 Å². The van der Waals surface area contributed by atoms with E-state index >= 15 is 0 Å². The van der Waals surface area contributed by atoms with Crippen molar-refractivity contribution in [3.63, 3.8) is 0 Å². The third-order valence-electron chi connectivity index (χ3n) is 5.42. The first-order valence-electron chi connectivity index (χ1n) is 10.3. The zero-order valence-corrected chi connectivity index (χ0v) is 18.7. The number of nitrogens with one attached hydrogen (secondary N) is 1. The molecular weight excluding hydrogens is 384 g/mol. The van der Waals surface area contributed by atoms with Gasteiger partial charge in [0.25, 0.3) is 0 Å². The molecule has 1 saturated heterocycles. The molecule has 3 rings (SSSR count). The standard InChI is InChI=1S/C22H32N4O2S/c1-5-18(15-26-12-10-25(3)11-13-26)24-21(27)14-20-22(23-16(2)29-20)17-6-8-19(28-4)9-7-17/h6-9,18H,5,10-15H2,1-4H3,(H,24,27)/t18-/m0/s1. The molecule has 2 heterocycles. The first-order chi connectivity index (χ1) is 14.0. The van der Waals surface area contributed by atoms with E-state index in [1.165, 1.54) is 0 Å². The zero-order valence-electron chi connectivity index (χ0n) is 17.9. The van der Waals surface area contributed by atoms with Crippen LogP contribution in [0.1, 0.15) is 23.2 Å². The summed E-state index contributed by atoms with van der Waals surface area (Å²) in [5.41, 5.74) is 1.92. The van der Waals surface area contributed by atoms with Crippen LogP contribution in [0.3, 0.4) is 0 Å². The molecule has 1 aliphatic rings. The van der Waals surface area contributed by atoms with E-state index in [0.717, 1.165) is 66.0 Å². The number of hydrogen-bond acceptors (Lipinski definition) is 6. The van der Waals surface area contributed by atoms with Crippen molar-refractivity contribution in [2.45, 2.75) is 32.7 Å². The third-order valence-corrected chi connectivity index (χ3v) is 6.39. The van der Waals surface area contributed by atoms with Crippen molar-refractivity contribution in [2.24, 2.45) is 0 Å². The van der Waals surface area contributed by atoms with E-state index in [4.69, 9.17) is 4.74 Å². The molecule has 1 atom stereocenters. The van der Waals surface area contributed by atoms with E-state index in [1.807, 2.05) is 31.2 Å². The molecule has 0 bridgehead atoms. The van der Waals surface area contributed by atoms with Crippen molar-refractivity contribution in [1.82, 2.24) is 20.1 Å². The molecule has 1 aromatic carbocycles. The highest BCUT2D eigenvalue weighted by Crippen LogP contribution is 2.29. The van der Waals surface area contributed by atoms with Crippen LogP contribution in [0.4, 0.5) is 0 Å². The Labute approximate surface area is 177 Å². The summed E-state index contributed by atoms with van der Waals surface area (Å²) in [4.78, 5) is 23.3. The van der Waals surface area contributed by atoms with Gasteiger partial charge in [0, 0.05) is 49.2 Å². The van der Waals surface area contributed by atoms with Gasteiger partial charge in [-0.25, -0.2) is 4.98 Å². The van der Waals surface area contributed by atoms with Crippen molar-refractivity contribution < 1.29 is 9.53 Å². The van der Waals surface area contributed by atoms with Gasteiger partial charge in [0.1, 0.15) is 5.75 Å². The van der Waals surface area contributed by atoms with Gasteiger partial charge < -0.3 is 15.0 Å². The predicted octanol–water partition coefficient (Wildman–Crippen LogP) is 2.81. The fraction of sp³-hybridized carbons (Fsp3) is 0.545. The number of amides is 1. The van der Waals surface area contributed by atoms with Crippen molar-refractivity contribution in [3.8, 4) is 17.0 Å². The van der Waals surface area contributed by atoms with Crippen LogP contribution in [0, 0.1) is 6.92 Å². The van der Waals surface area contributed by atoms with E-state index < -0.39 is 0 Å². The number of aromatic nitrogens is 1. The Hall–Kier alpha value is -1.96. The molecule has 0 aliphatic carbocycles. The SMILES string of the molecule is CC[C@@H](CN1CCN(C)CC1)NC(=O)Cc1sc(C)nc1-c1ccc(OC)cc1. The summed E-state index contributed by atoms with van der Waals surface area (Å²) in [6, 6.07) is 8.03. The molecule has 1 amide bonds. The molecule has 0 spiro atoms. The minimum Gasteiger partial charge on any atom is -0.497 e. The normalized spacial score (nSPS) is 16.6. The third kappa shape index (κ3) is 6.01. The molecule has 0 radical (unpaired) electrons. The van der Waals surface area contributed by atoms with Gasteiger partial charge in [-0.3, -0.25) is 9.69 Å². The van der Waals surface area contributed by atoms with Crippen molar-refractivity contribution in [1.29, 1.82) is 0 Å². The first-order valence-corrected chi connectivity index (χ1v) is 11.1. The number of likely N-dealkylation sites (N-methyl/N-ethyl adjacent to an activating group) is 1. The molecule has 1 aromatic heterocycles. The monoisotopic (exact) mass is 416 g/mol. The molecule has 29 heavy (non-hydrogen) atoms. The summed E-state index contributed by atoms with van der Waals surface area (Å²) in [6.07, 6.45) is 1.30. The fourth-order valence-corrected chi connectivity index (χ4v) is 4.56. The minimum atomic E-state index is 0.0735. The molecule has 1 aliphatic heterocycles. The lowest BCUT2D eigenvalue weighted by Gasteiger charge is -2.34. The number of piperazine rings is 1. The highest BCUT2D eigenvalue weighted by molar-refractivity contribution is 7.12. The van der Waals surface area contributed by atoms with Gasteiger partial charge in [-0.1, -0.05) is 6.92 Å². The predicted molar refractivity (Wildman–Crippen MR) is 119 cm³/mol. The maximum Gasteiger partial charge on any atom is 0.225 e. The van der Waals surface area contributed by atoms with Crippen LogP contribution < -0.4 is 10.1 Å². The molecule has 2 aromatic rings. The molecule has 7 heteroatoms. The Kier molecular flexibility index (Phi) is 7.64. The first kappa shape index (κ1) is 21.7. The Morgan fingerprint density at radius 2 is 1.93 bits per heavy atom. The Bertz CT molecular complexity index is 798. The number of carbonyl (C=O) groups excluding carboxylic acids is 1. The number of rotatable bonds is 8. The lowest BCUT2D eigenvalue weighted by Crippen LogP contribution is -2.50. The zero-order chi connectivity index (χ0) is 20.8. The largest absolute Gasteiger partial charge is 0.497 e. The average molecular weight is 417 g/mol. The summed E-state index contributed by atoms with van der Waals surface area (Å²) in [6.45, 7) is 9.37. The Morgan fingerprint density at radius 1 is 1.24 bits per heavy atom. The van der Waals surface area contributed by atoms with Gasteiger partial charge in [0.2, 0.25) is 5.91 Å². The number of thiazole rings is 1. The number of benzene rings is 1.